The van der Waals surface area contributed by atoms with Gasteiger partial charge in [0, 0.05) is 26.7 Å². The molecule has 1 saturated heterocycles. The van der Waals surface area contributed by atoms with Crippen molar-refractivity contribution in [2.45, 2.75) is 6.42 Å². The highest BCUT2D eigenvalue weighted by atomic mass is 79.9. The van der Waals surface area contributed by atoms with Crippen LogP contribution in [0, 0.1) is 5.92 Å². The fraction of sp³-hybridized carbons (Fsp3) is 0.500. The molecule has 0 spiro atoms. The second-order valence-electron chi connectivity index (χ2n) is 4.76. The summed E-state index contributed by atoms with van der Waals surface area (Å²) < 4.78 is 5.41. The predicted octanol–water partition coefficient (Wildman–Crippen LogP) is 1.63. The number of nitrogens with two attached hydrogens (primary N) is 1. The molecule has 6 heteroatoms. The van der Waals surface area contributed by atoms with Crippen LogP contribution >= 0.6 is 17.0 Å². The van der Waals surface area contributed by atoms with Gasteiger partial charge in [0.15, 0.2) is 5.96 Å². The van der Waals surface area contributed by atoms with E-state index in [1.165, 1.54) is 5.69 Å². The third kappa shape index (κ3) is 4.03. The van der Waals surface area contributed by atoms with Crippen molar-refractivity contribution in [3.63, 3.8) is 0 Å². The van der Waals surface area contributed by atoms with Crippen LogP contribution in [0.4, 0.5) is 5.69 Å². The zero-order chi connectivity index (χ0) is 13.7. The summed E-state index contributed by atoms with van der Waals surface area (Å²) in [5.74, 6) is 2.03. The van der Waals surface area contributed by atoms with Gasteiger partial charge in [0.1, 0.15) is 5.75 Å². The monoisotopic (exact) mass is 342 g/mol. The van der Waals surface area contributed by atoms with Gasteiger partial charge in [-0.2, -0.15) is 0 Å². The first-order valence-electron chi connectivity index (χ1n) is 6.58. The van der Waals surface area contributed by atoms with Crippen molar-refractivity contribution in [3.8, 4) is 5.75 Å². The van der Waals surface area contributed by atoms with Crippen molar-refractivity contribution < 1.29 is 4.74 Å². The van der Waals surface area contributed by atoms with Crippen molar-refractivity contribution in [1.82, 2.24) is 5.32 Å². The minimum Gasteiger partial charge on any atom is -0.495 e. The third-order valence-corrected chi connectivity index (χ3v) is 3.52. The maximum atomic E-state index is 5.65. The first kappa shape index (κ1) is 16.6. The van der Waals surface area contributed by atoms with Gasteiger partial charge < -0.3 is 20.7 Å². The Balaban J connectivity index is 0.00000200. The molecule has 0 aromatic heterocycles. The Morgan fingerprint density at radius 2 is 2.25 bits per heavy atom. The zero-order valence-electron chi connectivity index (χ0n) is 12.0. The Bertz CT molecular complexity index is 453. The standard InChI is InChI=1S/C14H22N4O.BrH/c1-16-14(15)17-9-11-7-8-18(10-11)12-5-3-4-6-13(12)19-2;/h3-6,11H,7-10H2,1-2H3,(H3,15,16,17);1H. The maximum Gasteiger partial charge on any atom is 0.188 e. The lowest BCUT2D eigenvalue weighted by Gasteiger charge is -2.21. The predicted molar refractivity (Wildman–Crippen MR) is 89.2 cm³/mol. The van der Waals surface area contributed by atoms with Gasteiger partial charge >= 0.3 is 0 Å². The smallest absolute Gasteiger partial charge is 0.188 e. The number of benzene rings is 1. The molecule has 0 bridgehead atoms. The summed E-state index contributed by atoms with van der Waals surface area (Å²) in [6.07, 6.45) is 1.15. The van der Waals surface area contributed by atoms with Gasteiger partial charge in [0.2, 0.25) is 0 Å². The molecule has 1 aliphatic heterocycles. The molecule has 0 saturated carbocycles. The van der Waals surface area contributed by atoms with Crippen molar-refractivity contribution >= 4 is 28.6 Å². The van der Waals surface area contributed by atoms with Crippen molar-refractivity contribution in [3.05, 3.63) is 24.3 Å². The van der Waals surface area contributed by atoms with Gasteiger partial charge in [-0.1, -0.05) is 12.1 Å². The number of nitrogens with zero attached hydrogens (tertiary/aromatic N) is 2. The van der Waals surface area contributed by atoms with Crippen LogP contribution in [0.5, 0.6) is 5.75 Å². The van der Waals surface area contributed by atoms with Crippen molar-refractivity contribution in [1.29, 1.82) is 0 Å². The average Bonchev–Trinajstić information content (AvgIpc) is 2.93. The fourth-order valence-corrected chi connectivity index (χ4v) is 2.44. The van der Waals surface area contributed by atoms with Gasteiger partial charge in [0.25, 0.3) is 0 Å². The van der Waals surface area contributed by atoms with E-state index < -0.39 is 0 Å². The number of anilines is 1. The lowest BCUT2D eigenvalue weighted by atomic mass is 10.1. The molecule has 1 aliphatic rings. The molecule has 2 rings (SSSR count). The Morgan fingerprint density at radius 1 is 1.50 bits per heavy atom. The summed E-state index contributed by atoms with van der Waals surface area (Å²) in [6, 6.07) is 8.15. The first-order chi connectivity index (χ1) is 9.24. The number of halogens is 1. The maximum absolute atomic E-state index is 5.65. The highest BCUT2D eigenvalue weighted by Crippen LogP contribution is 2.31. The molecular weight excluding hydrogens is 320 g/mol. The van der Waals surface area contributed by atoms with E-state index in [1.807, 2.05) is 18.2 Å². The van der Waals surface area contributed by atoms with Gasteiger partial charge in [0.05, 0.1) is 12.8 Å². The Kier molecular flexibility index (Phi) is 6.64. The number of para-hydroxylation sites is 2. The molecule has 0 radical (unpaired) electrons. The Hall–Kier alpha value is -1.43. The fourth-order valence-electron chi connectivity index (χ4n) is 2.44. The first-order valence-corrected chi connectivity index (χ1v) is 6.58. The van der Waals surface area contributed by atoms with Crippen LogP contribution in [0.15, 0.2) is 29.3 Å². The second kappa shape index (κ2) is 7.99. The topological polar surface area (TPSA) is 62.9 Å². The van der Waals surface area contributed by atoms with E-state index in [2.05, 4.69) is 21.3 Å². The van der Waals surface area contributed by atoms with E-state index in [0.717, 1.165) is 31.8 Å². The van der Waals surface area contributed by atoms with E-state index in [9.17, 15) is 0 Å². The molecule has 1 aromatic rings. The summed E-state index contributed by atoms with van der Waals surface area (Å²) in [5, 5.41) is 3.14. The zero-order valence-corrected chi connectivity index (χ0v) is 13.7. The molecule has 5 nitrogen and oxygen atoms in total. The summed E-state index contributed by atoms with van der Waals surface area (Å²) in [7, 11) is 3.41. The Morgan fingerprint density at radius 3 is 2.95 bits per heavy atom. The quantitative estimate of drug-likeness (QED) is 0.644. The molecule has 20 heavy (non-hydrogen) atoms. The number of guanidine groups is 1. The van der Waals surface area contributed by atoms with Crippen molar-refractivity contribution in [2.75, 3.05) is 38.7 Å². The number of aliphatic imine (C=N–C) groups is 1. The lowest BCUT2D eigenvalue weighted by Crippen LogP contribution is -2.36. The van der Waals surface area contributed by atoms with Crippen LogP contribution in [0.25, 0.3) is 0 Å². The number of hydrogen-bond acceptors (Lipinski definition) is 3. The number of ether oxygens (including phenoxy) is 1. The molecule has 112 valence electrons. The van der Waals surface area contributed by atoms with Gasteiger partial charge in [-0.25, -0.2) is 0 Å². The van der Waals surface area contributed by atoms with E-state index >= 15 is 0 Å². The minimum absolute atomic E-state index is 0. The van der Waals surface area contributed by atoms with Crippen molar-refractivity contribution in [2.24, 2.45) is 16.6 Å². The highest BCUT2D eigenvalue weighted by Gasteiger charge is 2.24. The largest absolute Gasteiger partial charge is 0.495 e. The molecule has 0 aliphatic carbocycles. The van der Waals surface area contributed by atoms with E-state index in [0.29, 0.717) is 11.9 Å². The second-order valence-corrected chi connectivity index (χ2v) is 4.76. The minimum atomic E-state index is 0. The third-order valence-electron chi connectivity index (χ3n) is 3.52. The van der Waals surface area contributed by atoms with Gasteiger partial charge in [-0.15, -0.1) is 17.0 Å². The van der Waals surface area contributed by atoms with Gasteiger partial charge in [-0.3, -0.25) is 4.99 Å². The van der Waals surface area contributed by atoms with Crippen LogP contribution in [-0.2, 0) is 0 Å². The van der Waals surface area contributed by atoms with E-state index in [1.54, 1.807) is 14.2 Å². The van der Waals surface area contributed by atoms with Crippen LogP contribution < -0.4 is 20.7 Å². The number of methoxy groups -OCH3 is 1. The van der Waals surface area contributed by atoms with Crippen LogP contribution in [-0.4, -0.2) is 39.8 Å². The molecule has 3 N–H and O–H groups in total. The van der Waals surface area contributed by atoms with Gasteiger partial charge in [-0.05, 0) is 24.5 Å². The molecule has 1 unspecified atom stereocenters. The number of rotatable bonds is 4. The summed E-state index contributed by atoms with van der Waals surface area (Å²) in [6.45, 7) is 2.94. The SMILES string of the molecule is Br.CN=C(N)NCC1CCN(c2ccccc2OC)C1. The molecule has 0 amide bonds. The number of hydrogen-bond donors (Lipinski definition) is 2. The normalized spacial score (nSPS) is 18.6. The average molecular weight is 343 g/mol. The van der Waals surface area contributed by atoms with Crippen LogP contribution in [0.3, 0.4) is 0 Å². The lowest BCUT2D eigenvalue weighted by molar-refractivity contribution is 0.414. The number of nitrogens with one attached hydrogen (secondary N) is 1. The molecule has 1 heterocycles. The van der Waals surface area contributed by atoms with E-state index in [-0.39, 0.29) is 17.0 Å². The molecule has 1 aromatic carbocycles. The van der Waals surface area contributed by atoms with E-state index in [4.69, 9.17) is 10.5 Å². The summed E-state index contributed by atoms with van der Waals surface area (Å²) >= 11 is 0. The Labute approximate surface area is 131 Å². The molecule has 1 fully saturated rings. The summed E-state index contributed by atoms with van der Waals surface area (Å²) in [4.78, 5) is 6.27. The molecule has 1 atom stereocenters. The van der Waals surface area contributed by atoms with Crippen LogP contribution in [0.1, 0.15) is 6.42 Å². The highest BCUT2D eigenvalue weighted by molar-refractivity contribution is 8.93. The summed E-state index contributed by atoms with van der Waals surface area (Å²) in [5.41, 5.74) is 6.82. The molecular formula is C14H23BrN4O. The van der Waals surface area contributed by atoms with Crippen LogP contribution in [0.2, 0.25) is 0 Å².